The fraction of sp³-hybridized carbons (Fsp3) is 0.130. The Bertz CT molecular complexity index is 1370. The van der Waals surface area contributed by atoms with Crippen LogP contribution in [-0.2, 0) is 18.4 Å². The highest BCUT2D eigenvalue weighted by Gasteiger charge is 2.16. The molecule has 2 aromatic heterocycles. The summed E-state index contributed by atoms with van der Waals surface area (Å²) in [5.74, 6) is -0.488. The highest BCUT2D eigenvalue weighted by molar-refractivity contribution is 6.30. The molecule has 0 unspecified atom stereocenters. The Hall–Kier alpha value is -3.71. The minimum absolute atomic E-state index is 0.0952. The van der Waals surface area contributed by atoms with Crippen LogP contribution >= 0.6 is 11.6 Å². The van der Waals surface area contributed by atoms with Gasteiger partial charge in [0.25, 0.3) is 5.56 Å². The molecule has 0 spiro atoms. The summed E-state index contributed by atoms with van der Waals surface area (Å²) in [6.07, 6.45) is 3.20. The van der Waals surface area contributed by atoms with Crippen molar-refractivity contribution < 1.29 is 9.59 Å². The molecular weight excluding hydrogens is 416 g/mol. The zero-order valence-corrected chi connectivity index (χ0v) is 17.7. The van der Waals surface area contributed by atoms with Crippen molar-refractivity contribution >= 4 is 40.0 Å². The molecule has 2 aromatic carbocycles. The Morgan fingerprint density at radius 3 is 2.58 bits per heavy atom. The van der Waals surface area contributed by atoms with E-state index in [4.69, 9.17) is 11.6 Å². The summed E-state index contributed by atoms with van der Waals surface area (Å²) < 4.78 is 2.97. The number of hydrogen-bond donors (Lipinski definition) is 1. The molecule has 0 atom stereocenters. The van der Waals surface area contributed by atoms with Gasteiger partial charge in [-0.3, -0.25) is 19.0 Å². The SMILES string of the molecule is CC(=O)c1cccc(NC(=O)Cn2cnc3c(-c4ccc(Cl)cc4)cn(C)c3c2=O)c1. The van der Waals surface area contributed by atoms with E-state index in [2.05, 4.69) is 10.3 Å². The first-order valence-electron chi connectivity index (χ1n) is 9.55. The molecule has 0 aliphatic rings. The maximum atomic E-state index is 13.0. The lowest BCUT2D eigenvalue weighted by Gasteiger charge is -2.08. The molecule has 0 bridgehead atoms. The van der Waals surface area contributed by atoms with E-state index in [9.17, 15) is 14.4 Å². The van der Waals surface area contributed by atoms with E-state index >= 15 is 0 Å². The number of Topliss-reactive ketones (excluding diaryl/α,β-unsaturated/α-hetero) is 1. The van der Waals surface area contributed by atoms with Gasteiger partial charge in [-0.15, -0.1) is 0 Å². The molecule has 0 fully saturated rings. The van der Waals surface area contributed by atoms with Crippen molar-refractivity contribution in [3.8, 4) is 11.1 Å². The van der Waals surface area contributed by atoms with Gasteiger partial charge in [0.15, 0.2) is 5.78 Å². The largest absolute Gasteiger partial charge is 0.344 e. The Morgan fingerprint density at radius 1 is 1.13 bits per heavy atom. The smallest absolute Gasteiger partial charge is 0.278 e. The normalized spacial score (nSPS) is 10.9. The predicted molar refractivity (Wildman–Crippen MR) is 120 cm³/mol. The van der Waals surface area contributed by atoms with Crippen molar-refractivity contribution in [2.75, 3.05) is 5.32 Å². The first-order valence-corrected chi connectivity index (χ1v) is 9.92. The number of rotatable bonds is 5. The lowest BCUT2D eigenvalue weighted by atomic mass is 10.1. The van der Waals surface area contributed by atoms with Crippen LogP contribution in [0.4, 0.5) is 5.69 Å². The molecule has 0 radical (unpaired) electrons. The predicted octanol–water partition coefficient (Wildman–Crippen LogP) is 3.90. The maximum absolute atomic E-state index is 13.0. The fourth-order valence-corrected chi connectivity index (χ4v) is 3.56. The standard InChI is InChI=1S/C23H19ClN4O3/c1-14(29)16-4-3-5-18(10-16)26-20(30)12-28-13-25-21-19(11-27(2)22(21)23(28)31)15-6-8-17(24)9-7-15/h3-11,13H,12H2,1-2H3,(H,26,30). The van der Waals surface area contributed by atoms with Gasteiger partial charge in [-0.25, -0.2) is 4.98 Å². The molecule has 156 valence electrons. The van der Waals surface area contributed by atoms with Crippen LogP contribution in [0.15, 0.2) is 65.8 Å². The van der Waals surface area contributed by atoms with E-state index in [1.807, 2.05) is 18.3 Å². The summed E-state index contributed by atoms with van der Waals surface area (Å²) in [4.78, 5) is 41.5. The van der Waals surface area contributed by atoms with Gasteiger partial charge >= 0.3 is 0 Å². The fourth-order valence-electron chi connectivity index (χ4n) is 3.44. The van der Waals surface area contributed by atoms with Crippen LogP contribution in [0.5, 0.6) is 0 Å². The monoisotopic (exact) mass is 434 g/mol. The average Bonchev–Trinajstić information content (AvgIpc) is 3.08. The number of halogens is 1. The second-order valence-corrected chi connectivity index (χ2v) is 7.66. The first kappa shape index (κ1) is 20.6. The highest BCUT2D eigenvalue weighted by atomic mass is 35.5. The van der Waals surface area contributed by atoms with E-state index in [0.717, 1.165) is 11.1 Å². The van der Waals surface area contributed by atoms with Gasteiger partial charge < -0.3 is 9.88 Å². The van der Waals surface area contributed by atoms with Crippen LogP contribution in [0.2, 0.25) is 5.02 Å². The number of carbonyl (C=O) groups is 2. The van der Waals surface area contributed by atoms with Crippen molar-refractivity contribution in [1.82, 2.24) is 14.1 Å². The summed E-state index contributed by atoms with van der Waals surface area (Å²) in [7, 11) is 1.77. The number of hydrogen-bond acceptors (Lipinski definition) is 4. The number of nitrogens with zero attached hydrogens (tertiary/aromatic N) is 3. The Kier molecular flexibility index (Phi) is 5.44. The van der Waals surface area contributed by atoms with Gasteiger partial charge in [0.05, 0.1) is 6.33 Å². The topological polar surface area (TPSA) is 86.0 Å². The quantitative estimate of drug-likeness (QED) is 0.483. The minimum Gasteiger partial charge on any atom is -0.344 e. The molecule has 8 heteroatoms. The van der Waals surface area contributed by atoms with E-state index < -0.39 is 5.91 Å². The molecular formula is C23H19ClN4O3. The lowest BCUT2D eigenvalue weighted by Crippen LogP contribution is -2.28. The molecule has 1 N–H and O–H groups in total. The van der Waals surface area contributed by atoms with Gasteiger partial charge in [-0.05, 0) is 36.8 Å². The number of carbonyl (C=O) groups excluding carboxylic acids is 2. The molecule has 0 saturated heterocycles. The van der Waals surface area contributed by atoms with Crippen LogP contribution in [0.3, 0.4) is 0 Å². The highest BCUT2D eigenvalue weighted by Crippen LogP contribution is 2.28. The number of aromatic nitrogens is 3. The Balaban J connectivity index is 1.63. The van der Waals surface area contributed by atoms with Gasteiger partial charge in [-0.2, -0.15) is 0 Å². The number of amides is 1. The third-order valence-corrected chi connectivity index (χ3v) is 5.22. The van der Waals surface area contributed by atoms with Crippen molar-refractivity contribution in [1.29, 1.82) is 0 Å². The summed E-state index contributed by atoms with van der Waals surface area (Å²) in [6.45, 7) is 1.26. The minimum atomic E-state index is -0.393. The lowest BCUT2D eigenvalue weighted by molar-refractivity contribution is -0.116. The zero-order chi connectivity index (χ0) is 22.1. The van der Waals surface area contributed by atoms with E-state index in [1.54, 1.807) is 48.0 Å². The van der Waals surface area contributed by atoms with E-state index in [1.165, 1.54) is 17.8 Å². The number of anilines is 1. The molecule has 0 aliphatic heterocycles. The van der Waals surface area contributed by atoms with Gasteiger partial charge in [0.2, 0.25) is 5.91 Å². The maximum Gasteiger partial charge on any atom is 0.278 e. The summed E-state index contributed by atoms with van der Waals surface area (Å²) >= 11 is 5.97. The average molecular weight is 435 g/mol. The number of nitrogens with one attached hydrogen (secondary N) is 1. The molecule has 0 aliphatic carbocycles. The number of ketones is 1. The summed E-state index contributed by atoms with van der Waals surface area (Å²) in [5, 5.41) is 3.34. The number of aryl methyl sites for hydroxylation is 1. The first-order chi connectivity index (χ1) is 14.8. The summed E-state index contributed by atoms with van der Waals surface area (Å²) in [6, 6.07) is 13.9. The molecule has 31 heavy (non-hydrogen) atoms. The molecule has 1 amide bonds. The van der Waals surface area contributed by atoms with Gasteiger partial charge in [0, 0.05) is 35.1 Å². The van der Waals surface area contributed by atoms with E-state index in [0.29, 0.717) is 27.3 Å². The van der Waals surface area contributed by atoms with Crippen molar-refractivity contribution in [2.24, 2.45) is 7.05 Å². The van der Waals surface area contributed by atoms with E-state index in [-0.39, 0.29) is 17.9 Å². The van der Waals surface area contributed by atoms with Gasteiger partial charge in [0.1, 0.15) is 17.6 Å². The van der Waals surface area contributed by atoms with Crippen molar-refractivity contribution in [3.63, 3.8) is 0 Å². The molecule has 4 rings (SSSR count). The number of fused-ring (bicyclic) bond motifs is 1. The third-order valence-electron chi connectivity index (χ3n) is 4.97. The Morgan fingerprint density at radius 2 is 1.87 bits per heavy atom. The van der Waals surface area contributed by atoms with Crippen molar-refractivity contribution in [2.45, 2.75) is 13.5 Å². The second-order valence-electron chi connectivity index (χ2n) is 7.22. The van der Waals surface area contributed by atoms with Crippen LogP contribution < -0.4 is 10.9 Å². The Labute approximate surface area is 182 Å². The van der Waals surface area contributed by atoms with Crippen LogP contribution in [0, 0.1) is 0 Å². The molecule has 0 saturated carbocycles. The van der Waals surface area contributed by atoms with Crippen molar-refractivity contribution in [3.05, 3.63) is 82.0 Å². The summed E-state index contributed by atoms with van der Waals surface area (Å²) in [5.41, 5.74) is 3.33. The zero-order valence-electron chi connectivity index (χ0n) is 16.9. The molecule has 7 nitrogen and oxygen atoms in total. The van der Waals surface area contributed by atoms with Crippen LogP contribution in [-0.4, -0.2) is 25.8 Å². The van der Waals surface area contributed by atoms with Gasteiger partial charge in [-0.1, -0.05) is 35.9 Å². The van der Waals surface area contributed by atoms with Crippen LogP contribution in [0.25, 0.3) is 22.2 Å². The second kappa shape index (κ2) is 8.20. The third kappa shape index (κ3) is 4.13. The molecule has 2 heterocycles. The number of benzene rings is 2. The molecule has 4 aromatic rings. The van der Waals surface area contributed by atoms with Crippen LogP contribution in [0.1, 0.15) is 17.3 Å².